The van der Waals surface area contributed by atoms with Crippen LogP contribution in [0.2, 0.25) is 0 Å². The van der Waals surface area contributed by atoms with E-state index in [1.165, 1.54) is 16.7 Å². The van der Waals surface area contributed by atoms with Crippen LogP contribution < -0.4 is 0 Å². The number of hydrogen-bond donors (Lipinski definition) is 0. The normalized spacial score (nSPS) is 14.4. The fourth-order valence-corrected chi connectivity index (χ4v) is 2.48. The zero-order valence-electron chi connectivity index (χ0n) is 11.6. The summed E-state index contributed by atoms with van der Waals surface area (Å²) in [6.07, 6.45) is 7.51. The van der Waals surface area contributed by atoms with Crippen molar-refractivity contribution in [3.05, 3.63) is 84.0 Å². The highest BCUT2D eigenvalue weighted by Crippen LogP contribution is 2.27. The molecule has 20 heavy (non-hydrogen) atoms. The van der Waals surface area contributed by atoms with Crippen molar-refractivity contribution in [3.63, 3.8) is 0 Å². The van der Waals surface area contributed by atoms with Gasteiger partial charge in [-0.25, -0.2) is 0 Å². The second-order valence-corrected chi connectivity index (χ2v) is 4.90. The van der Waals surface area contributed by atoms with Gasteiger partial charge in [0.25, 0.3) is 0 Å². The molecule has 0 unspecified atom stereocenters. The van der Waals surface area contributed by atoms with Gasteiger partial charge in [-0.15, -0.1) is 0 Å². The Bertz CT molecular complexity index is 691. The fraction of sp³-hybridized carbons (Fsp3) is 0.105. The molecular formula is C19H17N. The topological polar surface area (TPSA) is 12.4 Å². The van der Waals surface area contributed by atoms with Crippen LogP contribution in [-0.4, -0.2) is 5.71 Å². The average Bonchev–Trinajstić information content (AvgIpc) is 3.02. The van der Waals surface area contributed by atoms with E-state index in [1.54, 1.807) is 0 Å². The minimum absolute atomic E-state index is 0.998. The number of rotatable bonds is 3. The van der Waals surface area contributed by atoms with Gasteiger partial charge in [-0.05, 0) is 36.6 Å². The lowest BCUT2D eigenvalue weighted by Gasteiger charge is -2.10. The standard InChI is InChI=1S/C19H17N/c1-15(20-17-11-3-2-4-12-17)18-13-7-8-14-19(18)16-9-5-6-10-16/h2-9,11-14H,10H2,1H3. The van der Waals surface area contributed by atoms with Crippen LogP contribution in [0.3, 0.4) is 0 Å². The maximum Gasteiger partial charge on any atom is 0.0633 e. The Morgan fingerprint density at radius 1 is 0.950 bits per heavy atom. The lowest BCUT2D eigenvalue weighted by atomic mass is 9.96. The van der Waals surface area contributed by atoms with Crippen molar-refractivity contribution in [2.75, 3.05) is 0 Å². The van der Waals surface area contributed by atoms with E-state index < -0.39 is 0 Å². The van der Waals surface area contributed by atoms with E-state index in [9.17, 15) is 0 Å². The van der Waals surface area contributed by atoms with Crippen molar-refractivity contribution < 1.29 is 0 Å². The van der Waals surface area contributed by atoms with E-state index in [1.807, 2.05) is 30.3 Å². The molecule has 0 aliphatic heterocycles. The first kappa shape index (κ1) is 12.6. The molecule has 1 aliphatic rings. The van der Waals surface area contributed by atoms with Crippen LogP contribution in [0.15, 0.2) is 77.8 Å². The van der Waals surface area contributed by atoms with Crippen LogP contribution in [-0.2, 0) is 0 Å². The smallest absolute Gasteiger partial charge is 0.0633 e. The van der Waals surface area contributed by atoms with Gasteiger partial charge in [0.1, 0.15) is 0 Å². The van der Waals surface area contributed by atoms with Crippen molar-refractivity contribution >= 4 is 17.0 Å². The summed E-state index contributed by atoms with van der Waals surface area (Å²) in [4.78, 5) is 4.73. The van der Waals surface area contributed by atoms with E-state index in [2.05, 4.69) is 49.4 Å². The summed E-state index contributed by atoms with van der Waals surface area (Å²) in [5.74, 6) is 0. The van der Waals surface area contributed by atoms with Crippen molar-refractivity contribution in [2.24, 2.45) is 4.99 Å². The predicted molar refractivity (Wildman–Crippen MR) is 86.5 cm³/mol. The molecule has 0 bridgehead atoms. The summed E-state index contributed by atoms with van der Waals surface area (Å²) in [5.41, 5.74) is 5.92. The van der Waals surface area contributed by atoms with E-state index in [0.29, 0.717) is 0 Å². The third kappa shape index (κ3) is 2.62. The molecule has 0 amide bonds. The Morgan fingerprint density at radius 3 is 2.45 bits per heavy atom. The third-order valence-electron chi connectivity index (χ3n) is 3.49. The minimum Gasteiger partial charge on any atom is -0.253 e. The van der Waals surface area contributed by atoms with Crippen LogP contribution in [0.4, 0.5) is 5.69 Å². The monoisotopic (exact) mass is 259 g/mol. The van der Waals surface area contributed by atoms with Gasteiger partial charge in [-0.2, -0.15) is 0 Å². The van der Waals surface area contributed by atoms with Crippen LogP contribution in [0.25, 0.3) is 5.57 Å². The van der Waals surface area contributed by atoms with Crippen LogP contribution in [0.5, 0.6) is 0 Å². The molecular weight excluding hydrogens is 242 g/mol. The Morgan fingerprint density at radius 2 is 1.70 bits per heavy atom. The van der Waals surface area contributed by atoms with Gasteiger partial charge in [-0.3, -0.25) is 4.99 Å². The fourth-order valence-electron chi connectivity index (χ4n) is 2.48. The van der Waals surface area contributed by atoms with Crippen LogP contribution in [0, 0.1) is 0 Å². The molecule has 0 heterocycles. The highest BCUT2D eigenvalue weighted by molar-refractivity contribution is 6.04. The average molecular weight is 259 g/mol. The highest BCUT2D eigenvalue weighted by atomic mass is 14.7. The molecule has 1 aliphatic carbocycles. The summed E-state index contributed by atoms with van der Waals surface area (Å²) in [6, 6.07) is 18.6. The molecule has 2 aromatic rings. The number of hydrogen-bond acceptors (Lipinski definition) is 1. The molecule has 0 aromatic heterocycles. The van der Waals surface area contributed by atoms with Crippen molar-refractivity contribution in [1.29, 1.82) is 0 Å². The van der Waals surface area contributed by atoms with E-state index in [4.69, 9.17) is 4.99 Å². The summed E-state index contributed by atoms with van der Waals surface area (Å²) >= 11 is 0. The Balaban J connectivity index is 2.00. The lowest BCUT2D eigenvalue weighted by Crippen LogP contribution is -1.99. The number of allylic oxidation sites excluding steroid dienone is 4. The van der Waals surface area contributed by atoms with Crippen molar-refractivity contribution in [2.45, 2.75) is 13.3 Å². The molecule has 0 radical (unpaired) electrons. The first-order valence-electron chi connectivity index (χ1n) is 6.90. The molecule has 1 nitrogen and oxygen atoms in total. The molecule has 1 heteroatoms. The molecule has 3 rings (SSSR count). The molecule has 98 valence electrons. The SMILES string of the molecule is CC(=Nc1ccccc1)c1ccccc1C1=CC=CC1. The Kier molecular flexibility index (Phi) is 3.60. The van der Waals surface area contributed by atoms with E-state index >= 15 is 0 Å². The Hall–Kier alpha value is -2.41. The van der Waals surface area contributed by atoms with Crippen molar-refractivity contribution in [3.8, 4) is 0 Å². The third-order valence-corrected chi connectivity index (χ3v) is 3.49. The lowest BCUT2D eigenvalue weighted by molar-refractivity contribution is 1.40. The van der Waals surface area contributed by atoms with E-state index in [0.717, 1.165) is 17.8 Å². The highest BCUT2D eigenvalue weighted by Gasteiger charge is 2.10. The van der Waals surface area contributed by atoms with Gasteiger partial charge in [-0.1, -0.05) is 60.7 Å². The first-order chi connectivity index (χ1) is 9.84. The van der Waals surface area contributed by atoms with Gasteiger partial charge < -0.3 is 0 Å². The second kappa shape index (κ2) is 5.70. The molecule has 0 fully saturated rings. The number of nitrogens with zero attached hydrogens (tertiary/aromatic N) is 1. The first-order valence-corrected chi connectivity index (χ1v) is 6.90. The molecule has 0 saturated carbocycles. The Labute approximate surface area is 120 Å². The molecule has 2 aromatic carbocycles. The van der Waals surface area contributed by atoms with Gasteiger partial charge in [0.15, 0.2) is 0 Å². The molecule has 0 N–H and O–H groups in total. The zero-order valence-corrected chi connectivity index (χ0v) is 11.6. The number of benzene rings is 2. The zero-order chi connectivity index (χ0) is 13.8. The summed E-state index contributed by atoms with van der Waals surface area (Å²) < 4.78 is 0. The van der Waals surface area contributed by atoms with Gasteiger partial charge >= 0.3 is 0 Å². The van der Waals surface area contributed by atoms with Crippen LogP contribution in [0.1, 0.15) is 24.5 Å². The quantitative estimate of drug-likeness (QED) is 0.674. The largest absolute Gasteiger partial charge is 0.253 e. The minimum atomic E-state index is 0.998. The van der Waals surface area contributed by atoms with Gasteiger partial charge in [0.05, 0.1) is 5.69 Å². The summed E-state index contributed by atoms with van der Waals surface area (Å²) in [6.45, 7) is 2.08. The van der Waals surface area contributed by atoms with E-state index in [-0.39, 0.29) is 0 Å². The maximum atomic E-state index is 4.73. The van der Waals surface area contributed by atoms with Gasteiger partial charge in [0.2, 0.25) is 0 Å². The number of aliphatic imine (C=N–C) groups is 1. The molecule has 0 atom stereocenters. The second-order valence-electron chi connectivity index (χ2n) is 4.90. The maximum absolute atomic E-state index is 4.73. The summed E-state index contributed by atoms with van der Waals surface area (Å²) in [7, 11) is 0. The molecule has 0 spiro atoms. The summed E-state index contributed by atoms with van der Waals surface area (Å²) in [5, 5.41) is 0. The number of para-hydroxylation sites is 1. The van der Waals surface area contributed by atoms with Crippen molar-refractivity contribution in [1.82, 2.24) is 0 Å². The van der Waals surface area contributed by atoms with Gasteiger partial charge in [0, 0.05) is 11.3 Å². The van der Waals surface area contributed by atoms with Crippen LogP contribution >= 0.6 is 0 Å². The predicted octanol–water partition coefficient (Wildman–Crippen LogP) is 5.17. The molecule has 0 saturated heterocycles.